The Morgan fingerprint density at radius 2 is 1.91 bits per heavy atom. The number of phenolic OH excluding ortho intramolecular Hbond substituents is 1. The zero-order chi connectivity index (χ0) is 15.5. The van der Waals surface area contributed by atoms with Crippen molar-refractivity contribution in [3.8, 4) is 16.9 Å². The van der Waals surface area contributed by atoms with Crippen molar-refractivity contribution in [2.24, 2.45) is 0 Å². The smallest absolute Gasteiger partial charge is 0.258 e. The second-order valence-corrected chi connectivity index (χ2v) is 4.90. The molecular formula is C17H13FN2O2. The molecule has 0 radical (unpaired) electrons. The van der Waals surface area contributed by atoms with Gasteiger partial charge in [-0.2, -0.15) is 0 Å². The predicted molar refractivity (Wildman–Crippen MR) is 81.2 cm³/mol. The molecule has 0 amide bonds. The molecule has 2 N–H and O–H groups in total. The number of halogens is 1. The zero-order valence-electron chi connectivity index (χ0n) is 11.6. The topological polar surface area (TPSA) is 66.0 Å². The molecule has 0 aliphatic carbocycles. The normalized spacial score (nSPS) is 10.6. The van der Waals surface area contributed by atoms with E-state index in [4.69, 9.17) is 0 Å². The second kappa shape index (κ2) is 5.81. The number of hydrogen-bond donors (Lipinski definition) is 2. The summed E-state index contributed by atoms with van der Waals surface area (Å²) in [4.78, 5) is 19.1. The molecule has 0 bridgehead atoms. The largest absolute Gasteiger partial charge is 0.505 e. The lowest BCUT2D eigenvalue weighted by Gasteiger charge is -2.05. The van der Waals surface area contributed by atoms with Crippen LogP contribution in [0.5, 0.6) is 5.75 Å². The molecule has 3 rings (SSSR count). The minimum Gasteiger partial charge on any atom is -0.505 e. The van der Waals surface area contributed by atoms with Crippen LogP contribution in [0.15, 0.2) is 59.5 Å². The third-order valence-corrected chi connectivity index (χ3v) is 3.33. The van der Waals surface area contributed by atoms with Crippen LogP contribution in [-0.2, 0) is 6.42 Å². The van der Waals surface area contributed by atoms with Gasteiger partial charge in [-0.15, -0.1) is 0 Å². The molecule has 0 atom stereocenters. The summed E-state index contributed by atoms with van der Waals surface area (Å²) >= 11 is 0. The molecule has 2 aromatic carbocycles. The average molecular weight is 296 g/mol. The standard InChI is InChI=1S/C17H13FN2O2/c18-14-9-12(6-7-15(14)21)13-10-19-16(20-17(13)22)8-11-4-2-1-3-5-11/h1-7,9-10,21H,8H2,(H,19,20,22). The molecule has 5 heteroatoms. The van der Waals surface area contributed by atoms with Gasteiger partial charge < -0.3 is 10.1 Å². The molecule has 4 nitrogen and oxygen atoms in total. The monoisotopic (exact) mass is 296 g/mol. The fraction of sp³-hybridized carbons (Fsp3) is 0.0588. The lowest BCUT2D eigenvalue weighted by Crippen LogP contribution is -2.13. The summed E-state index contributed by atoms with van der Waals surface area (Å²) in [5, 5.41) is 9.19. The summed E-state index contributed by atoms with van der Waals surface area (Å²) in [5.74, 6) is -0.682. The molecule has 0 spiro atoms. The third-order valence-electron chi connectivity index (χ3n) is 3.33. The maximum absolute atomic E-state index is 13.4. The molecule has 0 aliphatic rings. The molecule has 0 fully saturated rings. The average Bonchev–Trinajstić information content (AvgIpc) is 2.51. The van der Waals surface area contributed by atoms with E-state index in [0.29, 0.717) is 17.8 Å². The predicted octanol–water partition coefficient (Wildman–Crippen LogP) is 2.87. The highest BCUT2D eigenvalue weighted by molar-refractivity contribution is 5.62. The van der Waals surface area contributed by atoms with E-state index in [2.05, 4.69) is 9.97 Å². The number of H-pyrrole nitrogens is 1. The summed E-state index contributed by atoms with van der Waals surface area (Å²) in [6.07, 6.45) is 1.93. The fourth-order valence-corrected chi connectivity index (χ4v) is 2.19. The van der Waals surface area contributed by atoms with E-state index in [1.165, 1.54) is 18.3 Å². The summed E-state index contributed by atoms with van der Waals surface area (Å²) in [5.41, 5.74) is 1.33. The van der Waals surface area contributed by atoms with Gasteiger partial charge in [0.2, 0.25) is 0 Å². The van der Waals surface area contributed by atoms with Gasteiger partial charge in [-0.1, -0.05) is 36.4 Å². The molecule has 110 valence electrons. The number of phenols is 1. The van der Waals surface area contributed by atoms with E-state index >= 15 is 0 Å². The first-order chi connectivity index (χ1) is 10.6. The number of nitrogens with one attached hydrogen (secondary N) is 1. The Kier molecular flexibility index (Phi) is 3.70. The fourth-order valence-electron chi connectivity index (χ4n) is 2.19. The molecule has 0 saturated heterocycles. The number of hydrogen-bond acceptors (Lipinski definition) is 3. The van der Waals surface area contributed by atoms with Gasteiger partial charge in [-0.25, -0.2) is 9.37 Å². The molecule has 0 saturated carbocycles. The van der Waals surface area contributed by atoms with Crippen molar-refractivity contribution >= 4 is 0 Å². The van der Waals surface area contributed by atoms with Crippen LogP contribution < -0.4 is 5.56 Å². The van der Waals surface area contributed by atoms with Gasteiger partial charge in [-0.05, 0) is 23.3 Å². The first-order valence-corrected chi connectivity index (χ1v) is 6.74. The van der Waals surface area contributed by atoms with Crippen molar-refractivity contribution in [1.29, 1.82) is 0 Å². The lowest BCUT2D eigenvalue weighted by molar-refractivity contribution is 0.432. The number of aromatic hydroxyl groups is 1. The number of aromatic amines is 1. The number of benzene rings is 2. The minimum atomic E-state index is -0.773. The van der Waals surface area contributed by atoms with Crippen molar-refractivity contribution in [3.63, 3.8) is 0 Å². The van der Waals surface area contributed by atoms with Crippen LogP contribution in [0.1, 0.15) is 11.4 Å². The van der Waals surface area contributed by atoms with Gasteiger partial charge in [0.05, 0.1) is 5.56 Å². The van der Waals surface area contributed by atoms with Gasteiger partial charge in [0.15, 0.2) is 11.6 Å². The van der Waals surface area contributed by atoms with Crippen molar-refractivity contribution in [2.75, 3.05) is 0 Å². The maximum Gasteiger partial charge on any atom is 0.258 e. The first kappa shape index (κ1) is 14.0. The highest BCUT2D eigenvalue weighted by Crippen LogP contribution is 2.22. The lowest BCUT2D eigenvalue weighted by atomic mass is 10.1. The summed E-state index contributed by atoms with van der Waals surface area (Å²) < 4.78 is 13.4. The third kappa shape index (κ3) is 2.88. The highest BCUT2D eigenvalue weighted by atomic mass is 19.1. The minimum absolute atomic E-state index is 0.260. The van der Waals surface area contributed by atoms with Gasteiger partial charge in [0.25, 0.3) is 5.56 Å². The van der Waals surface area contributed by atoms with E-state index in [1.54, 1.807) is 0 Å². The Labute approximate surface area is 125 Å². The van der Waals surface area contributed by atoms with Crippen LogP contribution >= 0.6 is 0 Å². The van der Waals surface area contributed by atoms with Gasteiger partial charge in [-0.3, -0.25) is 4.79 Å². The number of aromatic nitrogens is 2. The van der Waals surface area contributed by atoms with E-state index in [0.717, 1.165) is 11.6 Å². The Balaban J connectivity index is 1.92. The summed E-state index contributed by atoms with van der Waals surface area (Å²) in [6, 6.07) is 13.4. The molecule has 0 aliphatic heterocycles. The zero-order valence-corrected chi connectivity index (χ0v) is 11.6. The SMILES string of the molecule is O=c1[nH]c(Cc2ccccc2)ncc1-c1ccc(O)c(F)c1. The Bertz CT molecular complexity index is 860. The quantitative estimate of drug-likeness (QED) is 0.781. The summed E-state index contributed by atoms with van der Waals surface area (Å²) in [7, 11) is 0. The van der Waals surface area contributed by atoms with Crippen LogP contribution in [0.25, 0.3) is 11.1 Å². The summed E-state index contributed by atoms with van der Waals surface area (Å²) in [6.45, 7) is 0. The molecule has 0 unspecified atom stereocenters. The molecular weight excluding hydrogens is 283 g/mol. The van der Waals surface area contributed by atoms with Crippen molar-refractivity contribution in [3.05, 3.63) is 82.3 Å². The van der Waals surface area contributed by atoms with Crippen LogP contribution in [0.4, 0.5) is 4.39 Å². The van der Waals surface area contributed by atoms with Gasteiger partial charge >= 0.3 is 0 Å². The maximum atomic E-state index is 13.4. The molecule has 22 heavy (non-hydrogen) atoms. The first-order valence-electron chi connectivity index (χ1n) is 6.74. The highest BCUT2D eigenvalue weighted by Gasteiger charge is 2.09. The van der Waals surface area contributed by atoms with E-state index in [-0.39, 0.29) is 11.1 Å². The second-order valence-electron chi connectivity index (χ2n) is 4.90. The molecule has 1 aromatic heterocycles. The van der Waals surface area contributed by atoms with Crippen LogP contribution in [0.3, 0.4) is 0 Å². The Morgan fingerprint density at radius 1 is 1.14 bits per heavy atom. The molecule has 1 heterocycles. The Morgan fingerprint density at radius 3 is 2.59 bits per heavy atom. The van der Waals surface area contributed by atoms with E-state index in [9.17, 15) is 14.3 Å². The van der Waals surface area contributed by atoms with Crippen molar-refractivity contribution in [1.82, 2.24) is 9.97 Å². The van der Waals surface area contributed by atoms with E-state index < -0.39 is 11.6 Å². The van der Waals surface area contributed by atoms with Crippen molar-refractivity contribution in [2.45, 2.75) is 6.42 Å². The number of rotatable bonds is 3. The van der Waals surface area contributed by atoms with Crippen LogP contribution in [0, 0.1) is 5.82 Å². The van der Waals surface area contributed by atoms with E-state index in [1.807, 2.05) is 30.3 Å². The van der Waals surface area contributed by atoms with Crippen molar-refractivity contribution < 1.29 is 9.50 Å². The number of nitrogens with zero attached hydrogens (tertiary/aromatic N) is 1. The van der Waals surface area contributed by atoms with Gasteiger partial charge in [0.1, 0.15) is 5.82 Å². The van der Waals surface area contributed by atoms with Crippen LogP contribution in [0.2, 0.25) is 0 Å². The molecule has 3 aromatic rings. The van der Waals surface area contributed by atoms with Gasteiger partial charge in [0, 0.05) is 12.6 Å². The van der Waals surface area contributed by atoms with Crippen LogP contribution in [-0.4, -0.2) is 15.1 Å². The Hall–Kier alpha value is -2.95.